The molecule has 0 fully saturated rings. The van der Waals surface area contributed by atoms with Gasteiger partial charge in [0.05, 0.1) is 20.2 Å². The van der Waals surface area contributed by atoms with Crippen LogP contribution in [0.1, 0.15) is 21.7 Å². The number of carboxylic acid groups (broad SMARTS) is 1. The van der Waals surface area contributed by atoms with Gasteiger partial charge in [-0.05, 0) is 35.9 Å². The van der Waals surface area contributed by atoms with Gasteiger partial charge in [-0.1, -0.05) is 12.1 Å². The molecule has 0 aliphatic heterocycles. The zero-order valence-electron chi connectivity index (χ0n) is 14.1. The second-order valence-electron chi connectivity index (χ2n) is 5.26. The van der Waals surface area contributed by atoms with Crippen molar-refractivity contribution in [1.82, 2.24) is 9.36 Å². The predicted octanol–water partition coefficient (Wildman–Crippen LogP) is 2.30. The molecule has 0 saturated heterocycles. The van der Waals surface area contributed by atoms with Crippen LogP contribution in [0, 0.1) is 0 Å². The maximum absolute atomic E-state index is 11.0. The average Bonchev–Trinajstić information content (AvgIpc) is 3.08. The Morgan fingerprint density at radius 2 is 1.96 bits per heavy atom. The van der Waals surface area contributed by atoms with Crippen LogP contribution < -0.4 is 19.3 Å². The van der Waals surface area contributed by atoms with Crippen molar-refractivity contribution in [3.63, 3.8) is 0 Å². The molecule has 0 spiro atoms. The second-order valence-corrected chi connectivity index (χ2v) is 5.97. The third kappa shape index (κ3) is 4.09. The van der Waals surface area contributed by atoms with Crippen LogP contribution in [0.15, 0.2) is 42.5 Å². The van der Waals surface area contributed by atoms with E-state index in [1.54, 1.807) is 7.11 Å². The summed E-state index contributed by atoms with van der Waals surface area (Å²) in [6.45, 7) is 0. The minimum atomic E-state index is -1.30. The third-order valence-electron chi connectivity index (χ3n) is 3.54. The largest absolute Gasteiger partial charge is 0.545 e. The van der Waals surface area contributed by atoms with Gasteiger partial charge in [-0.25, -0.2) is 0 Å². The summed E-state index contributed by atoms with van der Waals surface area (Å²) < 4.78 is 20.3. The van der Waals surface area contributed by atoms with Gasteiger partial charge in [-0.3, -0.25) is 0 Å². The molecule has 0 atom stereocenters. The van der Waals surface area contributed by atoms with Crippen molar-refractivity contribution < 1.29 is 24.1 Å². The van der Waals surface area contributed by atoms with Gasteiger partial charge in [-0.15, -0.1) is 0 Å². The lowest BCUT2D eigenvalue weighted by molar-refractivity contribution is -0.255. The highest BCUT2D eigenvalue weighted by Gasteiger charge is 2.12. The number of hydrogen-bond donors (Lipinski definition) is 0. The van der Waals surface area contributed by atoms with Gasteiger partial charge in [0.1, 0.15) is 5.75 Å². The standard InChI is InChI=1S/C18H16N2O5S/c1-23-13-5-3-4-11(8-13)9-16-19-18(26-20-16)25-15-10-12(17(21)22)6-7-14(15)24-2/h3-8,10H,9H2,1-2H3,(H,21,22)/p-1. The van der Waals surface area contributed by atoms with Gasteiger partial charge in [-0.2, -0.15) is 9.36 Å². The first-order valence-electron chi connectivity index (χ1n) is 7.62. The van der Waals surface area contributed by atoms with E-state index in [0.717, 1.165) is 22.8 Å². The molecule has 3 aromatic rings. The summed E-state index contributed by atoms with van der Waals surface area (Å²) >= 11 is 1.07. The van der Waals surface area contributed by atoms with Crippen LogP contribution in [-0.4, -0.2) is 29.5 Å². The lowest BCUT2D eigenvalue weighted by Gasteiger charge is -2.10. The average molecular weight is 371 g/mol. The van der Waals surface area contributed by atoms with Gasteiger partial charge in [0.2, 0.25) is 0 Å². The molecule has 26 heavy (non-hydrogen) atoms. The number of nitrogens with zero attached hydrogens (tertiary/aromatic N) is 2. The lowest BCUT2D eigenvalue weighted by Crippen LogP contribution is -2.22. The monoisotopic (exact) mass is 371 g/mol. The molecular formula is C18H15N2O5S-. The zero-order chi connectivity index (χ0) is 18.5. The van der Waals surface area contributed by atoms with Crippen molar-refractivity contribution in [2.75, 3.05) is 14.2 Å². The van der Waals surface area contributed by atoms with Crippen LogP contribution in [0.25, 0.3) is 0 Å². The van der Waals surface area contributed by atoms with Gasteiger partial charge < -0.3 is 24.1 Å². The molecule has 8 heteroatoms. The molecule has 0 aliphatic rings. The summed E-state index contributed by atoms with van der Waals surface area (Å²) in [6, 6.07) is 11.8. The van der Waals surface area contributed by atoms with Crippen molar-refractivity contribution in [1.29, 1.82) is 0 Å². The number of benzene rings is 2. The summed E-state index contributed by atoms with van der Waals surface area (Å²) in [4.78, 5) is 15.4. The molecule has 3 rings (SSSR count). The van der Waals surface area contributed by atoms with Crippen LogP contribution in [0.3, 0.4) is 0 Å². The maximum Gasteiger partial charge on any atom is 0.298 e. The van der Waals surface area contributed by atoms with E-state index in [4.69, 9.17) is 14.2 Å². The van der Waals surface area contributed by atoms with Crippen molar-refractivity contribution in [2.24, 2.45) is 0 Å². The highest BCUT2D eigenvalue weighted by atomic mass is 32.1. The van der Waals surface area contributed by atoms with E-state index in [-0.39, 0.29) is 16.5 Å². The number of carbonyl (C=O) groups is 1. The Morgan fingerprint density at radius 1 is 1.12 bits per heavy atom. The van der Waals surface area contributed by atoms with E-state index in [1.807, 2.05) is 24.3 Å². The summed E-state index contributed by atoms with van der Waals surface area (Å²) in [5, 5.41) is 11.3. The van der Waals surface area contributed by atoms with Gasteiger partial charge in [0.15, 0.2) is 17.3 Å². The van der Waals surface area contributed by atoms with Gasteiger partial charge >= 0.3 is 0 Å². The molecule has 134 valence electrons. The molecule has 0 N–H and O–H groups in total. The molecule has 0 unspecified atom stereocenters. The van der Waals surface area contributed by atoms with Crippen molar-refractivity contribution in [3.05, 3.63) is 59.4 Å². The fraction of sp³-hybridized carbons (Fsp3) is 0.167. The highest BCUT2D eigenvalue weighted by molar-refractivity contribution is 7.07. The van der Waals surface area contributed by atoms with E-state index in [0.29, 0.717) is 18.0 Å². The SMILES string of the molecule is COc1cccc(Cc2nsc(Oc3cc(C(=O)[O-])ccc3OC)n2)c1. The molecule has 0 aliphatic carbocycles. The van der Waals surface area contributed by atoms with Crippen molar-refractivity contribution in [2.45, 2.75) is 6.42 Å². The molecular weight excluding hydrogens is 356 g/mol. The molecule has 0 radical (unpaired) electrons. The molecule has 0 saturated carbocycles. The van der Waals surface area contributed by atoms with Crippen molar-refractivity contribution in [3.8, 4) is 22.4 Å². The smallest absolute Gasteiger partial charge is 0.298 e. The van der Waals surface area contributed by atoms with E-state index in [2.05, 4.69) is 9.36 Å². The first-order chi connectivity index (χ1) is 12.6. The number of rotatable bonds is 7. The molecule has 2 aromatic carbocycles. The fourth-order valence-electron chi connectivity index (χ4n) is 2.29. The van der Waals surface area contributed by atoms with Crippen LogP contribution in [-0.2, 0) is 6.42 Å². The van der Waals surface area contributed by atoms with Gasteiger partial charge in [0.25, 0.3) is 5.19 Å². The van der Waals surface area contributed by atoms with Crippen molar-refractivity contribution >= 4 is 17.5 Å². The number of methoxy groups -OCH3 is 2. The number of aromatic nitrogens is 2. The predicted molar refractivity (Wildman–Crippen MR) is 93.1 cm³/mol. The van der Waals surface area contributed by atoms with E-state index in [9.17, 15) is 9.90 Å². The minimum absolute atomic E-state index is 0.0121. The first kappa shape index (κ1) is 17.7. The van der Waals surface area contributed by atoms with Crippen LogP contribution >= 0.6 is 11.5 Å². The molecule has 0 bridgehead atoms. The topological polar surface area (TPSA) is 93.6 Å². The lowest BCUT2D eigenvalue weighted by atomic mass is 10.1. The highest BCUT2D eigenvalue weighted by Crippen LogP contribution is 2.33. The van der Waals surface area contributed by atoms with E-state index in [1.165, 1.54) is 25.3 Å². The number of hydrogen-bond acceptors (Lipinski definition) is 8. The molecule has 7 nitrogen and oxygen atoms in total. The Balaban J connectivity index is 1.78. The molecule has 1 aromatic heterocycles. The Kier molecular flexibility index (Phi) is 5.33. The molecule has 0 amide bonds. The second kappa shape index (κ2) is 7.83. The Labute approximate surface area is 154 Å². The van der Waals surface area contributed by atoms with E-state index >= 15 is 0 Å². The number of carboxylic acids is 1. The number of ether oxygens (including phenoxy) is 3. The minimum Gasteiger partial charge on any atom is -0.545 e. The summed E-state index contributed by atoms with van der Waals surface area (Å²) in [5.41, 5.74) is 0.993. The summed E-state index contributed by atoms with van der Waals surface area (Å²) in [6.07, 6.45) is 0.521. The van der Waals surface area contributed by atoms with E-state index < -0.39 is 5.97 Å². The van der Waals surface area contributed by atoms with Crippen LogP contribution in [0.4, 0.5) is 0 Å². The molecule has 1 heterocycles. The van der Waals surface area contributed by atoms with Crippen LogP contribution in [0.2, 0.25) is 0 Å². The normalized spacial score (nSPS) is 10.4. The first-order valence-corrected chi connectivity index (χ1v) is 8.39. The number of aromatic carboxylic acids is 1. The fourth-order valence-corrected chi connectivity index (χ4v) is 2.86. The van der Waals surface area contributed by atoms with Gasteiger partial charge in [0, 0.05) is 23.5 Å². The number of carbonyl (C=O) groups excluding carboxylic acids is 1. The Bertz CT molecular complexity index is 925. The zero-order valence-corrected chi connectivity index (χ0v) is 14.9. The quantitative estimate of drug-likeness (QED) is 0.629. The summed E-state index contributed by atoms with van der Waals surface area (Å²) in [7, 11) is 3.08. The Hall–Kier alpha value is -3.13. The van der Waals surface area contributed by atoms with Crippen LogP contribution in [0.5, 0.6) is 22.4 Å². The third-order valence-corrected chi connectivity index (χ3v) is 4.18. The Morgan fingerprint density at radius 3 is 2.69 bits per heavy atom. The summed E-state index contributed by atoms with van der Waals surface area (Å²) in [5.74, 6) is 0.678. The maximum atomic E-state index is 11.0.